The maximum Gasteiger partial charge on any atom is 0.511 e. The van der Waals surface area contributed by atoms with Gasteiger partial charge in [0.2, 0.25) is 0 Å². The van der Waals surface area contributed by atoms with Gasteiger partial charge in [0.15, 0.2) is 4.96 Å². The number of aryl methyl sites for hydroxylation is 2. The lowest BCUT2D eigenvalue weighted by molar-refractivity contribution is -0.128. The van der Waals surface area contributed by atoms with Gasteiger partial charge in [0.05, 0.1) is 35.7 Å². The molecule has 1 N–H and O–H groups in total. The van der Waals surface area contributed by atoms with Gasteiger partial charge in [-0.3, -0.25) is 4.40 Å². The van der Waals surface area contributed by atoms with Gasteiger partial charge >= 0.3 is 15.5 Å². The predicted molar refractivity (Wildman–Crippen MR) is 274 cm³/mol. The molecule has 2 atom stereocenters. The van der Waals surface area contributed by atoms with Crippen LogP contribution >= 0.6 is 22.9 Å². The second-order valence-corrected chi connectivity index (χ2v) is 26.8. The van der Waals surface area contributed by atoms with Crippen molar-refractivity contribution in [3.05, 3.63) is 124 Å². The average Bonchev–Trinajstić information content (AvgIpc) is 4.10. The first-order chi connectivity index (χ1) is 34.5. The summed E-state index contributed by atoms with van der Waals surface area (Å²) in [6.45, 7) is 3.50. The first kappa shape index (κ1) is 48.4. The van der Waals surface area contributed by atoms with Crippen LogP contribution in [0.1, 0.15) is 97.8 Å². The van der Waals surface area contributed by atoms with E-state index in [2.05, 4.69) is 16.0 Å². The second-order valence-electron chi connectivity index (χ2n) is 21.5. The minimum atomic E-state index is -5.64. The number of imidazole rings is 2. The molecule has 5 fully saturated rings. The van der Waals surface area contributed by atoms with Crippen LogP contribution in [0.4, 0.5) is 24.5 Å². The molecule has 0 radical (unpaired) electrons. The molecule has 13 nitrogen and oxygen atoms in total. The van der Waals surface area contributed by atoms with Gasteiger partial charge in [-0.1, -0.05) is 78.2 Å². The van der Waals surface area contributed by atoms with Crippen molar-refractivity contribution in [2.45, 2.75) is 121 Å². The SMILES string of the molecule is Cc1cccc2c1CN(S(=O)(=O)C(F)(F)F)CC(CCc1ccccc1)N2Cc1cn2cc(-c3nc[nH]c3CN3c4ccc(Cl)cc4CN(S(=O)(=O)N4CCC5(CCCC5)CC4)CC3C34CC(C3)C4)sc2n1. The summed E-state index contributed by atoms with van der Waals surface area (Å²) in [6, 6.07) is 20.4. The molecule has 3 aromatic carbocycles. The van der Waals surface area contributed by atoms with Crippen LogP contribution < -0.4 is 9.80 Å². The molecule has 4 aliphatic carbocycles. The Labute approximate surface area is 428 Å². The summed E-state index contributed by atoms with van der Waals surface area (Å²) < 4.78 is 105. The van der Waals surface area contributed by atoms with Gasteiger partial charge in [-0.15, -0.1) is 0 Å². The molecule has 13 rings (SSSR count). The van der Waals surface area contributed by atoms with Gasteiger partial charge in [0.25, 0.3) is 10.2 Å². The molecule has 1 saturated heterocycles. The number of benzene rings is 3. The summed E-state index contributed by atoms with van der Waals surface area (Å²) in [4.78, 5) is 19.4. The van der Waals surface area contributed by atoms with Crippen molar-refractivity contribution in [1.82, 2.24) is 32.3 Å². The third kappa shape index (κ3) is 8.55. The van der Waals surface area contributed by atoms with E-state index in [1.54, 1.807) is 27.9 Å². The molecular weight excluding hydrogens is 1000 g/mol. The number of hydrogen-bond donors (Lipinski definition) is 1. The van der Waals surface area contributed by atoms with Gasteiger partial charge in [-0.25, -0.2) is 18.4 Å². The van der Waals surface area contributed by atoms with E-state index in [0.29, 0.717) is 87.2 Å². The fourth-order valence-electron chi connectivity index (χ4n) is 13.2. The zero-order chi connectivity index (χ0) is 49.8. The Hall–Kier alpha value is -4.50. The van der Waals surface area contributed by atoms with Crippen molar-refractivity contribution in [2.24, 2.45) is 16.7 Å². The van der Waals surface area contributed by atoms with Gasteiger partial charge < -0.3 is 14.8 Å². The zero-order valence-electron chi connectivity index (χ0n) is 40.2. The second kappa shape index (κ2) is 18.1. The quantitative estimate of drug-likeness (QED) is 0.128. The zero-order valence-corrected chi connectivity index (χ0v) is 43.4. The third-order valence-corrected chi connectivity index (χ3v) is 22.0. The highest BCUT2D eigenvalue weighted by Crippen LogP contribution is 2.68. The molecule has 6 aromatic rings. The largest absolute Gasteiger partial charge is 0.511 e. The van der Waals surface area contributed by atoms with Gasteiger partial charge in [-0.2, -0.15) is 34.5 Å². The number of thiazole rings is 1. The van der Waals surface area contributed by atoms with Crippen LogP contribution in [0.5, 0.6) is 0 Å². The first-order valence-corrected chi connectivity index (χ1v) is 29.3. The molecule has 2 unspecified atom stereocenters. The molecule has 20 heteroatoms. The molecular formula is C52H59ClF3N9O4S3. The topological polar surface area (TPSA) is 130 Å². The Bertz CT molecular complexity index is 3190. The number of alkyl halides is 3. The van der Waals surface area contributed by atoms with E-state index < -0.39 is 38.3 Å². The molecule has 4 saturated carbocycles. The number of aromatic amines is 1. The lowest BCUT2D eigenvalue weighted by atomic mass is 9.41. The van der Waals surface area contributed by atoms with Crippen molar-refractivity contribution in [3.63, 3.8) is 0 Å². The summed E-state index contributed by atoms with van der Waals surface area (Å²) in [7, 11) is -9.42. The number of nitrogens with zero attached hydrogens (tertiary/aromatic N) is 8. The fourth-order valence-corrected chi connectivity index (χ4v) is 17.0. The maximum absolute atomic E-state index is 14.8. The molecule has 6 heterocycles. The van der Waals surface area contributed by atoms with E-state index in [4.69, 9.17) is 21.6 Å². The highest BCUT2D eigenvalue weighted by molar-refractivity contribution is 7.90. The molecule has 0 amide bonds. The number of H-pyrrole nitrogens is 1. The lowest BCUT2D eigenvalue weighted by Gasteiger charge is -2.67. The molecule has 3 aliphatic heterocycles. The molecule has 7 aliphatic rings. The lowest BCUT2D eigenvalue weighted by Crippen LogP contribution is -2.66. The predicted octanol–water partition coefficient (Wildman–Crippen LogP) is 10.3. The van der Waals surface area contributed by atoms with E-state index in [-0.39, 0.29) is 31.1 Å². The smallest absolute Gasteiger partial charge is 0.361 e. The monoisotopic (exact) mass is 1060 g/mol. The van der Waals surface area contributed by atoms with E-state index in [9.17, 15) is 30.0 Å². The molecule has 3 aromatic heterocycles. The molecule has 72 heavy (non-hydrogen) atoms. The number of aromatic nitrogens is 4. The van der Waals surface area contributed by atoms with E-state index in [1.165, 1.54) is 37.0 Å². The summed E-state index contributed by atoms with van der Waals surface area (Å²) in [5, 5.41) is 0.564. The number of rotatable bonds is 12. The molecule has 1 spiro atoms. The first-order valence-electron chi connectivity index (χ1n) is 25.2. The normalized spacial score (nSPS) is 25.0. The minimum Gasteiger partial charge on any atom is -0.361 e. The van der Waals surface area contributed by atoms with Crippen LogP contribution in [-0.4, -0.2) is 92.9 Å². The summed E-state index contributed by atoms with van der Waals surface area (Å²) >= 11 is 8.18. The summed E-state index contributed by atoms with van der Waals surface area (Å²) in [5.41, 5.74) is 1.97. The van der Waals surface area contributed by atoms with Crippen LogP contribution in [0.3, 0.4) is 0 Å². The minimum absolute atomic E-state index is 0.00765. The number of sulfonamides is 1. The van der Waals surface area contributed by atoms with Crippen LogP contribution in [-0.2, 0) is 52.8 Å². The maximum atomic E-state index is 14.8. The van der Waals surface area contributed by atoms with Crippen LogP contribution in [0, 0.1) is 23.7 Å². The Balaban J connectivity index is 0.835. The van der Waals surface area contributed by atoms with Crippen LogP contribution in [0.2, 0.25) is 5.02 Å². The summed E-state index contributed by atoms with van der Waals surface area (Å²) in [5.74, 6) is 0.683. The highest BCUT2D eigenvalue weighted by Gasteiger charge is 2.63. The van der Waals surface area contributed by atoms with Gasteiger partial charge in [0.1, 0.15) is 5.69 Å². The van der Waals surface area contributed by atoms with E-state index in [0.717, 1.165) is 65.2 Å². The third-order valence-electron chi connectivity index (χ3n) is 17.3. The Morgan fingerprint density at radius 3 is 2.31 bits per heavy atom. The van der Waals surface area contributed by atoms with E-state index >= 15 is 0 Å². The average molecular weight is 1060 g/mol. The fraction of sp³-hybridized carbons (Fsp3) is 0.500. The van der Waals surface area contributed by atoms with Gasteiger partial charge in [-0.05, 0) is 128 Å². The highest BCUT2D eigenvalue weighted by atomic mass is 35.5. The molecule has 382 valence electrons. The number of fused-ring (bicyclic) bond motifs is 3. The van der Waals surface area contributed by atoms with E-state index in [1.807, 2.05) is 76.3 Å². The Morgan fingerprint density at radius 2 is 1.60 bits per heavy atom. The standard InChI is InChI=1S/C52H59ClF3N9O4S3/c1-35-8-7-11-45-42(35)30-62(71(66,67)52(54,55)56)29-41(14-12-36-9-3-2-4-10-36)64(45)28-40-27-60-32-46(70-49(60)59-40)48-43(57-34-58-48)31-65-44-15-13-39(53)22-38(44)26-63(33-47(65)51-23-37(24-51)25-51)72(68,69)61-20-18-50(19-21-61)16-5-6-17-50/h2-4,7-11,13,15,22,27,32,34,37,41,47H,5-6,12,14,16-21,23-26,28-31,33H2,1H3,(H,57,58). The van der Waals surface area contributed by atoms with Crippen LogP contribution in [0.15, 0.2) is 85.5 Å². The van der Waals surface area contributed by atoms with Crippen molar-refractivity contribution in [1.29, 1.82) is 0 Å². The van der Waals surface area contributed by atoms with Gasteiger partial charge in [0, 0.05) is 80.1 Å². The number of hydrogen-bond acceptors (Lipinski definition) is 9. The van der Waals surface area contributed by atoms with Crippen molar-refractivity contribution in [3.8, 4) is 10.6 Å². The number of halogens is 4. The Kier molecular flexibility index (Phi) is 12.2. The summed E-state index contributed by atoms with van der Waals surface area (Å²) in [6.07, 6.45) is 16.5. The van der Waals surface area contributed by atoms with Crippen molar-refractivity contribution >= 4 is 59.5 Å². The number of nitrogens with one attached hydrogen (secondary N) is 1. The number of piperidine rings is 1. The number of anilines is 2. The Morgan fingerprint density at radius 1 is 0.833 bits per heavy atom. The van der Waals surface area contributed by atoms with Crippen LogP contribution in [0.25, 0.3) is 15.5 Å². The van der Waals surface area contributed by atoms with Crippen molar-refractivity contribution < 1.29 is 30.0 Å². The molecule has 2 bridgehead atoms. The van der Waals surface area contributed by atoms with Crippen molar-refractivity contribution in [2.75, 3.05) is 36.0 Å².